The zero-order valence-electron chi connectivity index (χ0n) is 22.2. The van der Waals surface area contributed by atoms with Gasteiger partial charge in [0, 0.05) is 24.6 Å². The summed E-state index contributed by atoms with van der Waals surface area (Å²) in [5.74, 6) is -8.50. The number of anilines is 1. The zero-order chi connectivity index (χ0) is 30.5. The number of amides is 4. The molecule has 2 saturated heterocycles. The smallest absolute Gasteiger partial charge is 0.339 e. The number of hydrogen-bond donors (Lipinski definition) is 3. The first kappa shape index (κ1) is 28.0. The van der Waals surface area contributed by atoms with Gasteiger partial charge in [-0.15, -0.1) is 23.2 Å². The highest BCUT2D eigenvalue weighted by atomic mass is 35.5. The summed E-state index contributed by atoms with van der Waals surface area (Å²) < 4.78 is 5.34. The maximum absolute atomic E-state index is 14.0. The van der Waals surface area contributed by atoms with E-state index >= 15 is 0 Å². The molecule has 0 unspecified atom stereocenters. The molecule has 0 aromatic heterocycles. The molecule has 2 aliphatic carbocycles. The van der Waals surface area contributed by atoms with E-state index in [0.717, 1.165) is 21.9 Å². The van der Waals surface area contributed by atoms with Crippen molar-refractivity contribution < 1.29 is 44.0 Å². The number of aromatic carboxylic acids is 1. The van der Waals surface area contributed by atoms with Gasteiger partial charge < -0.3 is 20.1 Å². The second-order valence-electron chi connectivity index (χ2n) is 10.9. The van der Waals surface area contributed by atoms with Gasteiger partial charge in [-0.05, 0) is 49.1 Å². The van der Waals surface area contributed by atoms with Crippen LogP contribution in [0.1, 0.15) is 34.7 Å². The van der Waals surface area contributed by atoms with E-state index in [9.17, 15) is 39.3 Å². The molecule has 6 atom stereocenters. The Labute approximate surface area is 248 Å². The molecule has 0 bridgehead atoms. The van der Waals surface area contributed by atoms with Crippen molar-refractivity contribution in [3.8, 4) is 17.2 Å². The van der Waals surface area contributed by atoms with E-state index in [2.05, 4.69) is 0 Å². The van der Waals surface area contributed by atoms with Crippen molar-refractivity contribution in [2.24, 2.45) is 17.8 Å². The van der Waals surface area contributed by atoms with Gasteiger partial charge in [-0.3, -0.25) is 24.1 Å². The van der Waals surface area contributed by atoms with Crippen molar-refractivity contribution in [2.75, 3.05) is 19.1 Å². The van der Waals surface area contributed by atoms with Gasteiger partial charge in [0.25, 0.3) is 11.8 Å². The minimum atomic E-state index is -2.07. The van der Waals surface area contributed by atoms with Crippen LogP contribution in [-0.2, 0) is 19.2 Å². The Morgan fingerprint density at radius 3 is 2.33 bits per heavy atom. The Kier molecular flexibility index (Phi) is 6.15. The summed E-state index contributed by atoms with van der Waals surface area (Å²) in [6.07, 6.45) is 1.56. The van der Waals surface area contributed by atoms with Crippen molar-refractivity contribution in [1.29, 1.82) is 0 Å². The second kappa shape index (κ2) is 9.20. The highest BCUT2D eigenvalue weighted by Gasteiger charge is 2.76. The van der Waals surface area contributed by atoms with E-state index in [1.807, 2.05) is 0 Å². The number of likely N-dealkylation sites (tertiary alicyclic amines) is 1. The third-order valence-corrected chi connectivity index (χ3v) is 10.4. The van der Waals surface area contributed by atoms with E-state index in [1.54, 1.807) is 6.08 Å². The summed E-state index contributed by atoms with van der Waals surface area (Å²) in [5.41, 5.74) is 0.238. The monoisotopic (exact) mass is 614 g/mol. The minimum absolute atomic E-state index is 0.0135. The lowest BCUT2D eigenvalue weighted by Crippen LogP contribution is -2.60. The SMILES string of the molecule is COc1ccc(O)c([C@H]2C3=CC[C@@H]4C(=O)N(c5ccc(C(=O)O)c(O)c5)C(=O)[C@@H]4[C@@H]3C[C@@]3(Cl)C(=O)N(C)C(=O)[C@@]23Cl)c1. The average Bonchev–Trinajstić information content (AvgIpc) is 3.28. The molecule has 4 amide bonds. The first-order valence-corrected chi connectivity index (χ1v) is 13.7. The molecule has 13 heteroatoms. The Balaban J connectivity index is 1.50. The Hall–Kier alpha value is -4.09. The number of benzene rings is 2. The molecule has 3 N–H and O–H groups in total. The summed E-state index contributed by atoms with van der Waals surface area (Å²) in [4.78, 5) is 63.8. The Bertz CT molecular complexity index is 1660. The lowest BCUT2D eigenvalue weighted by molar-refractivity contribution is -0.138. The van der Waals surface area contributed by atoms with E-state index in [0.29, 0.717) is 11.3 Å². The maximum Gasteiger partial charge on any atom is 0.339 e. The number of alkyl halides is 2. The molecular weight excluding hydrogens is 591 g/mol. The average molecular weight is 615 g/mol. The van der Waals surface area contributed by atoms with Crippen LogP contribution >= 0.6 is 23.2 Å². The number of halogens is 2. The van der Waals surface area contributed by atoms with Gasteiger partial charge in [-0.25, -0.2) is 9.69 Å². The van der Waals surface area contributed by atoms with Gasteiger partial charge in [0.05, 0.1) is 24.6 Å². The third-order valence-electron chi connectivity index (χ3n) is 9.03. The highest BCUT2D eigenvalue weighted by Crippen LogP contribution is 2.66. The molecule has 2 aliphatic heterocycles. The van der Waals surface area contributed by atoms with Crippen LogP contribution in [0.25, 0.3) is 0 Å². The molecule has 2 heterocycles. The lowest BCUT2D eigenvalue weighted by atomic mass is 9.56. The van der Waals surface area contributed by atoms with E-state index in [4.69, 9.17) is 27.9 Å². The van der Waals surface area contributed by atoms with Crippen LogP contribution in [0, 0.1) is 17.8 Å². The molecule has 2 aromatic rings. The molecule has 4 aliphatic rings. The fourth-order valence-corrected chi connectivity index (χ4v) is 8.09. The Morgan fingerprint density at radius 1 is 0.976 bits per heavy atom. The van der Waals surface area contributed by atoms with Crippen LogP contribution in [0.5, 0.6) is 17.2 Å². The van der Waals surface area contributed by atoms with Gasteiger partial charge >= 0.3 is 5.97 Å². The number of carbonyl (C=O) groups is 5. The number of methoxy groups -OCH3 is 1. The summed E-state index contributed by atoms with van der Waals surface area (Å²) >= 11 is 14.2. The number of hydrogen-bond acceptors (Lipinski definition) is 8. The van der Waals surface area contributed by atoms with E-state index in [1.165, 1.54) is 38.4 Å². The quantitative estimate of drug-likeness (QED) is 0.267. The molecule has 2 aromatic carbocycles. The van der Waals surface area contributed by atoms with Crippen LogP contribution in [-0.4, -0.2) is 73.7 Å². The predicted octanol–water partition coefficient (Wildman–Crippen LogP) is 3.00. The lowest BCUT2D eigenvalue weighted by Gasteiger charge is -2.50. The standard InChI is InChI=1S/C29H24Cl2N2O9/c1-32-26(40)28(30)11-18-14(22(29(28,31)27(32)41)17-10-13(42-2)4-8-19(17)34)6-7-16-21(18)24(37)33(23(16)36)12-3-5-15(25(38)39)20(35)9-12/h3-6,8-10,16,18,21-22,34-35H,7,11H2,1-2H3,(H,38,39)/t16-,18+,21-,22+,28+,29-/m0/s1. The van der Waals surface area contributed by atoms with Gasteiger partial charge in [0.2, 0.25) is 11.8 Å². The number of nitrogens with zero attached hydrogens (tertiary/aromatic N) is 2. The molecular formula is C29H24Cl2N2O9. The minimum Gasteiger partial charge on any atom is -0.508 e. The summed E-state index contributed by atoms with van der Waals surface area (Å²) in [5, 5.41) is 30.5. The molecule has 42 heavy (non-hydrogen) atoms. The predicted molar refractivity (Wildman–Crippen MR) is 148 cm³/mol. The fraction of sp³-hybridized carbons (Fsp3) is 0.345. The number of fused-ring (bicyclic) bond motifs is 4. The van der Waals surface area contributed by atoms with Crippen LogP contribution in [0.2, 0.25) is 0 Å². The van der Waals surface area contributed by atoms with Crippen LogP contribution in [0.3, 0.4) is 0 Å². The number of carboxylic acid groups (broad SMARTS) is 1. The van der Waals surface area contributed by atoms with Gasteiger partial charge in [-0.1, -0.05) is 11.6 Å². The van der Waals surface area contributed by atoms with Gasteiger partial charge in [-0.2, -0.15) is 0 Å². The molecule has 11 nitrogen and oxygen atoms in total. The summed E-state index contributed by atoms with van der Waals surface area (Å²) in [6, 6.07) is 7.75. The summed E-state index contributed by atoms with van der Waals surface area (Å²) in [6.45, 7) is 0. The highest BCUT2D eigenvalue weighted by molar-refractivity contribution is 6.53. The number of phenols is 2. The number of imide groups is 2. The first-order valence-electron chi connectivity index (χ1n) is 13.0. The number of carbonyl (C=O) groups excluding carboxylic acids is 4. The molecule has 6 rings (SSSR count). The number of aromatic hydroxyl groups is 2. The number of allylic oxidation sites excluding steroid dienone is 2. The van der Waals surface area contributed by atoms with E-state index < -0.39 is 74.3 Å². The number of carboxylic acids is 1. The Morgan fingerprint density at radius 2 is 1.69 bits per heavy atom. The van der Waals surface area contributed by atoms with Crippen molar-refractivity contribution in [2.45, 2.75) is 28.5 Å². The van der Waals surface area contributed by atoms with Crippen molar-refractivity contribution >= 4 is 58.5 Å². The second-order valence-corrected chi connectivity index (χ2v) is 12.2. The largest absolute Gasteiger partial charge is 0.508 e. The van der Waals surface area contributed by atoms with Crippen LogP contribution < -0.4 is 9.64 Å². The number of ether oxygens (including phenoxy) is 1. The maximum atomic E-state index is 14.0. The molecule has 1 saturated carbocycles. The topological polar surface area (TPSA) is 162 Å². The zero-order valence-corrected chi connectivity index (χ0v) is 23.7. The molecule has 0 spiro atoms. The van der Waals surface area contributed by atoms with Crippen molar-refractivity contribution in [3.63, 3.8) is 0 Å². The van der Waals surface area contributed by atoms with Crippen LogP contribution in [0.15, 0.2) is 48.0 Å². The molecule has 3 fully saturated rings. The summed E-state index contributed by atoms with van der Waals surface area (Å²) in [7, 11) is 2.68. The molecule has 0 radical (unpaired) electrons. The normalized spacial score (nSPS) is 32.0. The van der Waals surface area contributed by atoms with E-state index in [-0.39, 0.29) is 29.8 Å². The first-order chi connectivity index (χ1) is 19.8. The van der Waals surface area contributed by atoms with Gasteiger partial charge in [0.1, 0.15) is 22.8 Å². The number of phenolic OH excluding ortho intramolecular Hbond substituents is 1. The van der Waals surface area contributed by atoms with Crippen molar-refractivity contribution in [3.05, 3.63) is 59.2 Å². The number of rotatable bonds is 4. The van der Waals surface area contributed by atoms with Crippen molar-refractivity contribution in [1.82, 2.24) is 4.90 Å². The van der Waals surface area contributed by atoms with Crippen LogP contribution in [0.4, 0.5) is 5.69 Å². The van der Waals surface area contributed by atoms with Gasteiger partial charge in [0.15, 0.2) is 9.75 Å². The third kappa shape index (κ3) is 3.43. The molecule has 218 valence electrons. The fourth-order valence-electron chi connectivity index (χ4n) is 7.07.